The number of aryl methyl sites for hydroxylation is 1. The molecule has 0 atom stereocenters. The van der Waals surface area contributed by atoms with Gasteiger partial charge in [-0.2, -0.15) is 13.8 Å². The summed E-state index contributed by atoms with van der Waals surface area (Å²) in [5.74, 6) is 0.875. The number of hydrogen-bond acceptors (Lipinski definition) is 5. The minimum Gasteiger partial charge on any atom is -0.363 e. The monoisotopic (exact) mass is 209 g/mol. The quantitative estimate of drug-likeness (QED) is 0.826. The van der Waals surface area contributed by atoms with Crippen LogP contribution in [0.5, 0.6) is 0 Å². The highest BCUT2D eigenvalue weighted by Gasteiger charge is 1.98. The molecule has 74 valence electrons. The molecule has 14 heavy (non-hydrogen) atoms. The van der Waals surface area contributed by atoms with Crippen molar-refractivity contribution < 1.29 is 0 Å². The molecule has 0 fully saturated rings. The molecule has 0 aliphatic carbocycles. The van der Waals surface area contributed by atoms with Crippen LogP contribution in [0.2, 0.25) is 0 Å². The Morgan fingerprint density at radius 1 is 1.57 bits per heavy atom. The standard InChI is InChI=1S/C8H11N5S/c1-2-13-4-3-8(11-13)9-5-7-6-10-14-12-7/h3-4,6H,2,5H2,1H3,(H,9,11). The van der Waals surface area contributed by atoms with Crippen molar-refractivity contribution in [1.82, 2.24) is 18.5 Å². The molecule has 0 aliphatic rings. The Bertz CT molecular complexity index is 380. The molecule has 5 nitrogen and oxygen atoms in total. The maximum absolute atomic E-state index is 4.29. The summed E-state index contributed by atoms with van der Waals surface area (Å²) in [5.41, 5.74) is 0.945. The number of hydrogen-bond donors (Lipinski definition) is 1. The van der Waals surface area contributed by atoms with Gasteiger partial charge in [-0.15, -0.1) is 0 Å². The molecule has 2 heterocycles. The normalized spacial score (nSPS) is 10.4. The third-order valence-electron chi connectivity index (χ3n) is 1.82. The van der Waals surface area contributed by atoms with Gasteiger partial charge in [-0.1, -0.05) is 0 Å². The van der Waals surface area contributed by atoms with E-state index < -0.39 is 0 Å². The van der Waals surface area contributed by atoms with E-state index >= 15 is 0 Å². The van der Waals surface area contributed by atoms with Crippen LogP contribution in [0.15, 0.2) is 18.5 Å². The van der Waals surface area contributed by atoms with E-state index in [2.05, 4.69) is 26.1 Å². The Balaban J connectivity index is 1.92. The zero-order valence-corrected chi connectivity index (χ0v) is 8.66. The zero-order chi connectivity index (χ0) is 9.80. The Labute approximate surface area is 86.1 Å². The lowest BCUT2D eigenvalue weighted by Crippen LogP contribution is -2.01. The highest BCUT2D eigenvalue weighted by molar-refractivity contribution is 6.99. The second-order valence-corrected chi connectivity index (χ2v) is 3.37. The van der Waals surface area contributed by atoms with Crippen molar-refractivity contribution in [2.24, 2.45) is 0 Å². The molecular formula is C8H11N5S. The van der Waals surface area contributed by atoms with Gasteiger partial charge in [0.2, 0.25) is 0 Å². The number of anilines is 1. The maximum atomic E-state index is 4.29. The topological polar surface area (TPSA) is 55.6 Å². The molecular weight excluding hydrogens is 198 g/mol. The van der Waals surface area contributed by atoms with Gasteiger partial charge in [0.05, 0.1) is 30.2 Å². The molecule has 0 spiro atoms. The van der Waals surface area contributed by atoms with Crippen LogP contribution in [0, 0.1) is 0 Å². The molecule has 6 heteroatoms. The average Bonchev–Trinajstić information content (AvgIpc) is 2.86. The first kappa shape index (κ1) is 9.14. The molecule has 0 saturated heterocycles. The largest absolute Gasteiger partial charge is 0.363 e. The van der Waals surface area contributed by atoms with Crippen LogP contribution in [0.4, 0.5) is 5.82 Å². The smallest absolute Gasteiger partial charge is 0.148 e. The molecule has 2 rings (SSSR count). The van der Waals surface area contributed by atoms with E-state index in [1.807, 2.05) is 16.9 Å². The lowest BCUT2D eigenvalue weighted by molar-refractivity contribution is 0.661. The lowest BCUT2D eigenvalue weighted by Gasteiger charge is -1.98. The predicted molar refractivity (Wildman–Crippen MR) is 55.1 cm³/mol. The zero-order valence-electron chi connectivity index (χ0n) is 7.84. The molecule has 0 amide bonds. The fraction of sp³-hybridized carbons (Fsp3) is 0.375. The van der Waals surface area contributed by atoms with Crippen molar-refractivity contribution in [2.45, 2.75) is 20.0 Å². The SMILES string of the molecule is CCn1ccc(NCc2cnsn2)n1. The van der Waals surface area contributed by atoms with E-state index in [0.717, 1.165) is 18.1 Å². The van der Waals surface area contributed by atoms with Gasteiger partial charge >= 0.3 is 0 Å². The van der Waals surface area contributed by atoms with Crippen molar-refractivity contribution in [3.8, 4) is 0 Å². The average molecular weight is 209 g/mol. The van der Waals surface area contributed by atoms with Crippen LogP contribution in [-0.4, -0.2) is 18.5 Å². The first-order chi connectivity index (χ1) is 6.88. The number of rotatable bonds is 4. The summed E-state index contributed by atoms with van der Waals surface area (Å²) in [6, 6.07) is 1.95. The Morgan fingerprint density at radius 2 is 2.50 bits per heavy atom. The van der Waals surface area contributed by atoms with Gasteiger partial charge in [-0.25, -0.2) is 0 Å². The summed E-state index contributed by atoms with van der Waals surface area (Å²) in [5, 5.41) is 7.46. The fourth-order valence-electron chi connectivity index (χ4n) is 1.08. The van der Waals surface area contributed by atoms with Crippen LogP contribution in [0.25, 0.3) is 0 Å². The molecule has 0 unspecified atom stereocenters. The molecule has 2 aromatic heterocycles. The van der Waals surface area contributed by atoms with Crippen LogP contribution < -0.4 is 5.32 Å². The van der Waals surface area contributed by atoms with E-state index in [9.17, 15) is 0 Å². The third kappa shape index (κ3) is 2.08. The molecule has 0 aromatic carbocycles. The van der Waals surface area contributed by atoms with Crippen molar-refractivity contribution in [3.63, 3.8) is 0 Å². The maximum Gasteiger partial charge on any atom is 0.148 e. The summed E-state index contributed by atoms with van der Waals surface area (Å²) in [7, 11) is 0. The molecule has 1 N–H and O–H groups in total. The second kappa shape index (κ2) is 4.19. The van der Waals surface area contributed by atoms with E-state index in [1.54, 1.807) is 6.20 Å². The van der Waals surface area contributed by atoms with Crippen LogP contribution in [-0.2, 0) is 13.1 Å². The van der Waals surface area contributed by atoms with Crippen molar-refractivity contribution in [3.05, 3.63) is 24.2 Å². The minimum atomic E-state index is 0.678. The Morgan fingerprint density at radius 3 is 3.14 bits per heavy atom. The summed E-state index contributed by atoms with van der Waals surface area (Å²) >= 11 is 1.22. The van der Waals surface area contributed by atoms with Gasteiger partial charge in [0.1, 0.15) is 5.82 Å². The first-order valence-corrected chi connectivity index (χ1v) is 5.15. The number of nitrogens with one attached hydrogen (secondary N) is 1. The fourth-order valence-corrected chi connectivity index (χ4v) is 1.51. The van der Waals surface area contributed by atoms with Crippen molar-refractivity contribution in [1.29, 1.82) is 0 Å². The van der Waals surface area contributed by atoms with Gasteiger partial charge in [-0.05, 0) is 6.92 Å². The number of nitrogens with zero attached hydrogens (tertiary/aromatic N) is 4. The van der Waals surface area contributed by atoms with Crippen LogP contribution >= 0.6 is 11.7 Å². The van der Waals surface area contributed by atoms with Crippen LogP contribution in [0.1, 0.15) is 12.6 Å². The summed E-state index contributed by atoms with van der Waals surface area (Å²) in [6.07, 6.45) is 3.70. The Kier molecular flexibility index (Phi) is 2.73. The minimum absolute atomic E-state index is 0.678. The van der Waals surface area contributed by atoms with Crippen molar-refractivity contribution in [2.75, 3.05) is 5.32 Å². The predicted octanol–water partition coefficient (Wildman–Crippen LogP) is 1.37. The van der Waals surface area contributed by atoms with Gasteiger partial charge in [0.25, 0.3) is 0 Å². The van der Waals surface area contributed by atoms with Crippen molar-refractivity contribution >= 4 is 17.5 Å². The van der Waals surface area contributed by atoms with Crippen LogP contribution in [0.3, 0.4) is 0 Å². The van der Waals surface area contributed by atoms with Gasteiger partial charge in [0.15, 0.2) is 0 Å². The Hall–Kier alpha value is -1.43. The highest BCUT2D eigenvalue weighted by atomic mass is 32.1. The van der Waals surface area contributed by atoms with E-state index in [-0.39, 0.29) is 0 Å². The molecule has 0 aliphatic heterocycles. The first-order valence-electron chi connectivity index (χ1n) is 4.42. The summed E-state index contributed by atoms with van der Waals surface area (Å²) < 4.78 is 9.89. The molecule has 0 saturated carbocycles. The van der Waals surface area contributed by atoms with Gasteiger partial charge in [-0.3, -0.25) is 4.68 Å². The van der Waals surface area contributed by atoms with E-state index in [4.69, 9.17) is 0 Å². The number of aromatic nitrogens is 4. The highest BCUT2D eigenvalue weighted by Crippen LogP contribution is 2.04. The second-order valence-electron chi connectivity index (χ2n) is 2.81. The summed E-state index contributed by atoms with van der Waals surface area (Å²) in [6.45, 7) is 3.62. The van der Waals surface area contributed by atoms with E-state index in [1.165, 1.54) is 11.7 Å². The molecule has 0 radical (unpaired) electrons. The molecule has 0 bridgehead atoms. The summed E-state index contributed by atoms with van der Waals surface area (Å²) in [4.78, 5) is 0. The van der Waals surface area contributed by atoms with E-state index in [0.29, 0.717) is 6.54 Å². The molecule has 2 aromatic rings. The van der Waals surface area contributed by atoms with Gasteiger partial charge < -0.3 is 5.32 Å². The third-order valence-corrected chi connectivity index (χ3v) is 2.34. The lowest BCUT2D eigenvalue weighted by atomic mass is 10.4. The van der Waals surface area contributed by atoms with Gasteiger partial charge in [0, 0.05) is 18.8 Å².